The molecule has 1 heterocycles. The van der Waals surface area contributed by atoms with Crippen LogP contribution in [-0.4, -0.2) is 10.9 Å². The molecule has 0 aromatic carbocycles. The fourth-order valence-corrected chi connectivity index (χ4v) is 1.16. The molecule has 0 aliphatic rings. The lowest BCUT2D eigenvalue weighted by atomic mass is 10.4. The van der Waals surface area contributed by atoms with Crippen LogP contribution in [0.3, 0.4) is 0 Å². The largest absolute Gasteiger partial charge is 0.362 e. The van der Waals surface area contributed by atoms with E-state index in [2.05, 4.69) is 32.8 Å². The predicted octanol–water partition coefficient (Wildman–Crippen LogP) is 1.58. The first kappa shape index (κ1) is 9.06. The van der Waals surface area contributed by atoms with E-state index >= 15 is 0 Å². The number of carbonyl (C=O) groups excluding carboxylic acids is 1. The molecule has 1 aromatic heterocycles. The van der Waals surface area contributed by atoms with E-state index in [9.17, 15) is 4.79 Å². The van der Waals surface area contributed by atoms with Gasteiger partial charge in [0.25, 0.3) is 0 Å². The molecule has 0 radical (unpaired) electrons. The number of hydrogen-bond acceptors (Lipinski definition) is 1. The highest BCUT2D eigenvalue weighted by Crippen LogP contribution is 2.09. The van der Waals surface area contributed by atoms with E-state index in [0.29, 0.717) is 6.54 Å². The summed E-state index contributed by atoms with van der Waals surface area (Å²) in [6, 6.07) is 1.91. The van der Waals surface area contributed by atoms with Crippen molar-refractivity contribution in [1.82, 2.24) is 10.3 Å². The Morgan fingerprint density at radius 2 is 2.58 bits per heavy atom. The Hall–Kier alpha value is -1.03. The van der Waals surface area contributed by atoms with Crippen molar-refractivity contribution in [2.45, 2.75) is 6.54 Å². The average Bonchev–Trinajstić information content (AvgIpc) is 2.47. The molecule has 0 atom stereocenters. The Kier molecular flexibility index (Phi) is 3.10. The minimum atomic E-state index is -0.166. The molecule has 0 aliphatic carbocycles. The monoisotopic (exact) mass is 228 g/mol. The lowest BCUT2D eigenvalue weighted by Crippen LogP contribution is -2.19. The average molecular weight is 229 g/mol. The third kappa shape index (κ3) is 2.54. The molecule has 2 N–H and O–H groups in total. The van der Waals surface area contributed by atoms with Gasteiger partial charge >= 0.3 is 0 Å². The summed E-state index contributed by atoms with van der Waals surface area (Å²) in [5, 5.41) is 2.65. The number of halogens is 1. The highest BCUT2D eigenvalue weighted by Gasteiger charge is 1.97. The topological polar surface area (TPSA) is 44.9 Å². The maximum Gasteiger partial charge on any atom is 0.243 e. The predicted molar refractivity (Wildman–Crippen MR) is 50.5 cm³/mol. The summed E-state index contributed by atoms with van der Waals surface area (Å²) in [6.07, 6.45) is 3.06. The smallest absolute Gasteiger partial charge is 0.243 e. The molecule has 3 nitrogen and oxygen atoms in total. The zero-order valence-electron chi connectivity index (χ0n) is 6.43. The lowest BCUT2D eigenvalue weighted by Gasteiger charge is -1.97. The van der Waals surface area contributed by atoms with Crippen LogP contribution >= 0.6 is 15.9 Å². The Balaban J connectivity index is 2.43. The molecule has 1 amide bonds. The van der Waals surface area contributed by atoms with Crippen LogP contribution in [-0.2, 0) is 11.3 Å². The van der Waals surface area contributed by atoms with Gasteiger partial charge in [-0.2, -0.15) is 0 Å². The molecule has 0 fully saturated rings. The molecule has 0 spiro atoms. The van der Waals surface area contributed by atoms with Crippen molar-refractivity contribution in [2.24, 2.45) is 0 Å². The SMILES string of the molecule is C=CC(=O)NCc1cc(Br)c[nH]1. The van der Waals surface area contributed by atoms with Gasteiger partial charge in [0, 0.05) is 16.4 Å². The molecule has 1 rings (SSSR count). The van der Waals surface area contributed by atoms with E-state index < -0.39 is 0 Å². The maximum atomic E-state index is 10.7. The van der Waals surface area contributed by atoms with Gasteiger partial charge in [0.2, 0.25) is 5.91 Å². The van der Waals surface area contributed by atoms with Crippen molar-refractivity contribution in [3.8, 4) is 0 Å². The molecule has 0 saturated heterocycles. The van der Waals surface area contributed by atoms with Crippen molar-refractivity contribution in [1.29, 1.82) is 0 Å². The Labute approximate surface area is 79.0 Å². The maximum absolute atomic E-state index is 10.7. The van der Waals surface area contributed by atoms with Gasteiger partial charge in [-0.05, 0) is 28.1 Å². The second-order valence-corrected chi connectivity index (χ2v) is 3.18. The summed E-state index contributed by atoms with van der Waals surface area (Å²) < 4.78 is 0.977. The minimum absolute atomic E-state index is 0.166. The normalized spacial score (nSPS) is 9.42. The fraction of sp³-hybridized carbons (Fsp3) is 0.125. The van der Waals surface area contributed by atoms with Crippen molar-refractivity contribution in [3.05, 3.63) is 35.1 Å². The van der Waals surface area contributed by atoms with E-state index in [1.165, 1.54) is 6.08 Å². The van der Waals surface area contributed by atoms with Gasteiger partial charge in [-0.3, -0.25) is 4.79 Å². The molecular formula is C8H9BrN2O. The molecule has 64 valence electrons. The van der Waals surface area contributed by atoms with E-state index in [0.717, 1.165) is 10.2 Å². The number of aromatic nitrogens is 1. The third-order valence-corrected chi connectivity index (χ3v) is 1.80. The Morgan fingerprint density at radius 3 is 3.08 bits per heavy atom. The summed E-state index contributed by atoms with van der Waals surface area (Å²) in [7, 11) is 0. The van der Waals surface area contributed by atoms with Crippen LogP contribution in [0.15, 0.2) is 29.4 Å². The second-order valence-electron chi connectivity index (χ2n) is 2.27. The Morgan fingerprint density at radius 1 is 1.83 bits per heavy atom. The van der Waals surface area contributed by atoms with Gasteiger partial charge in [0.15, 0.2) is 0 Å². The number of aromatic amines is 1. The number of H-pyrrole nitrogens is 1. The zero-order chi connectivity index (χ0) is 8.97. The summed E-state index contributed by atoms with van der Waals surface area (Å²) in [4.78, 5) is 13.7. The lowest BCUT2D eigenvalue weighted by molar-refractivity contribution is -0.116. The number of amides is 1. The minimum Gasteiger partial charge on any atom is -0.362 e. The van der Waals surface area contributed by atoms with Crippen LogP contribution in [0.25, 0.3) is 0 Å². The van der Waals surface area contributed by atoms with Crippen LogP contribution in [0, 0.1) is 0 Å². The second kappa shape index (κ2) is 4.11. The van der Waals surface area contributed by atoms with Crippen molar-refractivity contribution >= 4 is 21.8 Å². The van der Waals surface area contributed by atoms with Gasteiger partial charge in [-0.25, -0.2) is 0 Å². The summed E-state index contributed by atoms with van der Waals surface area (Å²) >= 11 is 3.29. The summed E-state index contributed by atoms with van der Waals surface area (Å²) in [5.74, 6) is -0.166. The van der Waals surface area contributed by atoms with E-state index in [4.69, 9.17) is 0 Å². The molecule has 1 aromatic rings. The highest BCUT2D eigenvalue weighted by atomic mass is 79.9. The van der Waals surface area contributed by atoms with Gasteiger partial charge in [-0.1, -0.05) is 6.58 Å². The molecule has 0 bridgehead atoms. The van der Waals surface area contributed by atoms with Gasteiger partial charge < -0.3 is 10.3 Å². The first-order valence-electron chi connectivity index (χ1n) is 3.45. The molecular weight excluding hydrogens is 220 g/mol. The molecule has 0 aliphatic heterocycles. The summed E-state index contributed by atoms with van der Waals surface area (Å²) in [6.45, 7) is 3.84. The van der Waals surface area contributed by atoms with Crippen molar-refractivity contribution in [2.75, 3.05) is 0 Å². The molecule has 12 heavy (non-hydrogen) atoms. The highest BCUT2D eigenvalue weighted by molar-refractivity contribution is 9.10. The fourth-order valence-electron chi connectivity index (χ4n) is 0.768. The first-order valence-corrected chi connectivity index (χ1v) is 4.24. The van der Waals surface area contributed by atoms with Gasteiger partial charge in [0.1, 0.15) is 0 Å². The first-order chi connectivity index (χ1) is 5.72. The number of hydrogen-bond donors (Lipinski definition) is 2. The van der Waals surface area contributed by atoms with E-state index in [1.807, 2.05) is 12.3 Å². The third-order valence-electron chi connectivity index (χ3n) is 1.35. The van der Waals surface area contributed by atoms with Gasteiger partial charge in [0.05, 0.1) is 6.54 Å². The summed E-state index contributed by atoms with van der Waals surface area (Å²) in [5.41, 5.74) is 0.956. The van der Waals surface area contributed by atoms with Crippen molar-refractivity contribution < 1.29 is 4.79 Å². The van der Waals surface area contributed by atoms with Crippen LogP contribution in [0.5, 0.6) is 0 Å². The van der Waals surface area contributed by atoms with Crippen LogP contribution in [0.4, 0.5) is 0 Å². The van der Waals surface area contributed by atoms with E-state index in [-0.39, 0.29) is 5.91 Å². The van der Waals surface area contributed by atoms with E-state index in [1.54, 1.807) is 0 Å². The van der Waals surface area contributed by atoms with Crippen molar-refractivity contribution in [3.63, 3.8) is 0 Å². The molecule has 0 saturated carbocycles. The Bertz CT molecular complexity index is 293. The molecule has 4 heteroatoms. The number of nitrogens with one attached hydrogen (secondary N) is 2. The zero-order valence-corrected chi connectivity index (χ0v) is 8.02. The van der Waals surface area contributed by atoms with Crippen LogP contribution < -0.4 is 5.32 Å². The van der Waals surface area contributed by atoms with Crippen LogP contribution in [0.2, 0.25) is 0 Å². The van der Waals surface area contributed by atoms with Gasteiger partial charge in [-0.15, -0.1) is 0 Å². The quantitative estimate of drug-likeness (QED) is 0.759. The number of carbonyl (C=O) groups is 1. The van der Waals surface area contributed by atoms with Crippen LogP contribution in [0.1, 0.15) is 5.69 Å². The molecule has 0 unspecified atom stereocenters. The number of rotatable bonds is 3. The standard InChI is InChI=1S/C8H9BrN2O/c1-2-8(12)11-5-7-3-6(9)4-10-7/h2-4,10H,1,5H2,(H,11,12).